The number of methoxy groups -OCH3 is 1. The van der Waals surface area contributed by atoms with Crippen molar-refractivity contribution in [3.63, 3.8) is 0 Å². The Labute approximate surface area is 95.5 Å². The topological polar surface area (TPSA) is 14.2 Å². The summed E-state index contributed by atoms with van der Waals surface area (Å²) in [6.07, 6.45) is 2.00. The molecule has 14 heavy (non-hydrogen) atoms. The molecular weight excluding hydrogens is 265 g/mol. The first-order chi connectivity index (χ1) is 6.63. The van der Waals surface area contributed by atoms with Crippen molar-refractivity contribution in [1.82, 2.24) is 4.57 Å². The molecule has 0 spiro atoms. The highest BCUT2D eigenvalue weighted by atomic mass is 79.9. The second kappa shape index (κ2) is 3.48. The Balaban J connectivity index is 2.82. The quantitative estimate of drug-likeness (QED) is 0.775. The molecule has 0 radical (unpaired) electrons. The summed E-state index contributed by atoms with van der Waals surface area (Å²) in [4.78, 5) is 0. The summed E-state index contributed by atoms with van der Waals surface area (Å²) >= 11 is 9.51. The van der Waals surface area contributed by atoms with Crippen LogP contribution in [0.4, 0.5) is 0 Å². The highest BCUT2D eigenvalue weighted by Crippen LogP contribution is 2.34. The van der Waals surface area contributed by atoms with Gasteiger partial charge >= 0.3 is 0 Å². The molecule has 0 aliphatic rings. The normalized spacial score (nSPS) is 10.9. The van der Waals surface area contributed by atoms with Crippen molar-refractivity contribution in [3.8, 4) is 5.75 Å². The molecule has 2 rings (SSSR count). The van der Waals surface area contributed by atoms with E-state index in [2.05, 4.69) is 15.9 Å². The van der Waals surface area contributed by atoms with Gasteiger partial charge in [-0.15, -0.1) is 0 Å². The van der Waals surface area contributed by atoms with Crippen LogP contribution in [-0.2, 0) is 7.05 Å². The molecule has 0 aliphatic heterocycles. The average Bonchev–Trinajstić information content (AvgIpc) is 2.41. The zero-order valence-electron chi connectivity index (χ0n) is 7.84. The molecule has 0 aliphatic carbocycles. The molecule has 2 aromatic rings. The molecule has 0 amide bonds. The predicted molar refractivity (Wildman–Crippen MR) is 62.2 cm³/mol. The van der Waals surface area contributed by atoms with Crippen LogP contribution >= 0.6 is 27.5 Å². The highest BCUT2D eigenvalue weighted by molar-refractivity contribution is 9.10. The van der Waals surface area contributed by atoms with Crippen molar-refractivity contribution >= 4 is 38.4 Å². The van der Waals surface area contributed by atoms with Gasteiger partial charge in [-0.3, -0.25) is 0 Å². The molecule has 0 saturated carbocycles. The Bertz CT molecular complexity index is 492. The van der Waals surface area contributed by atoms with Crippen molar-refractivity contribution in [3.05, 3.63) is 27.8 Å². The minimum Gasteiger partial charge on any atom is -0.495 e. The van der Waals surface area contributed by atoms with Crippen LogP contribution in [0.2, 0.25) is 5.02 Å². The number of nitrogens with zero attached hydrogens (tertiary/aromatic N) is 1. The number of ether oxygens (including phenoxy) is 1. The Kier molecular flexibility index (Phi) is 2.45. The largest absolute Gasteiger partial charge is 0.495 e. The summed E-state index contributed by atoms with van der Waals surface area (Å²) in [6.45, 7) is 0. The molecular formula is C10H9BrClNO. The van der Waals surface area contributed by atoms with Gasteiger partial charge in [0.2, 0.25) is 0 Å². The van der Waals surface area contributed by atoms with Crippen LogP contribution in [0.15, 0.2) is 22.8 Å². The fraction of sp³-hybridized carbons (Fsp3) is 0.200. The molecule has 74 valence electrons. The third-order valence-corrected chi connectivity index (χ3v) is 3.14. The lowest BCUT2D eigenvalue weighted by Crippen LogP contribution is -1.87. The number of aryl methyl sites for hydroxylation is 1. The SMILES string of the molecule is COc1cc2c(cc1Cl)c(Br)cn2C. The molecule has 0 bridgehead atoms. The fourth-order valence-corrected chi connectivity index (χ4v) is 2.36. The second-order valence-corrected chi connectivity index (χ2v) is 4.35. The van der Waals surface area contributed by atoms with Gasteiger partial charge in [0.15, 0.2) is 0 Å². The predicted octanol–water partition coefficient (Wildman–Crippen LogP) is 3.60. The van der Waals surface area contributed by atoms with Gasteiger partial charge in [-0.05, 0) is 22.0 Å². The molecule has 0 unspecified atom stereocenters. The molecule has 0 saturated heterocycles. The standard InChI is InChI=1S/C10H9BrClNO/c1-13-5-7(11)6-3-8(12)10(14-2)4-9(6)13/h3-5H,1-2H3. The summed E-state index contributed by atoms with van der Waals surface area (Å²) in [7, 11) is 3.60. The minimum absolute atomic E-state index is 0.631. The van der Waals surface area contributed by atoms with E-state index in [1.807, 2.05) is 29.9 Å². The van der Waals surface area contributed by atoms with Crippen LogP contribution in [0.1, 0.15) is 0 Å². The van der Waals surface area contributed by atoms with Crippen LogP contribution < -0.4 is 4.74 Å². The van der Waals surface area contributed by atoms with E-state index < -0.39 is 0 Å². The van der Waals surface area contributed by atoms with Gasteiger partial charge in [0, 0.05) is 29.2 Å². The van der Waals surface area contributed by atoms with Gasteiger partial charge in [-0.1, -0.05) is 11.6 Å². The highest BCUT2D eigenvalue weighted by Gasteiger charge is 2.08. The number of aromatic nitrogens is 1. The van der Waals surface area contributed by atoms with Crippen molar-refractivity contribution in [2.75, 3.05) is 7.11 Å². The lowest BCUT2D eigenvalue weighted by molar-refractivity contribution is 0.415. The van der Waals surface area contributed by atoms with Gasteiger partial charge in [0.25, 0.3) is 0 Å². The van der Waals surface area contributed by atoms with Crippen LogP contribution in [0.25, 0.3) is 10.9 Å². The Morgan fingerprint density at radius 1 is 1.43 bits per heavy atom. The summed E-state index contributed by atoms with van der Waals surface area (Å²) in [5, 5.41) is 1.73. The summed E-state index contributed by atoms with van der Waals surface area (Å²) in [6, 6.07) is 3.84. The Morgan fingerprint density at radius 3 is 2.79 bits per heavy atom. The molecule has 1 heterocycles. The van der Waals surface area contributed by atoms with Gasteiger partial charge in [-0.25, -0.2) is 0 Å². The zero-order chi connectivity index (χ0) is 10.3. The molecule has 0 N–H and O–H groups in total. The van der Waals surface area contributed by atoms with Crippen molar-refractivity contribution in [2.45, 2.75) is 0 Å². The average molecular weight is 275 g/mol. The van der Waals surface area contributed by atoms with Crippen molar-refractivity contribution in [2.24, 2.45) is 7.05 Å². The molecule has 1 aromatic heterocycles. The smallest absolute Gasteiger partial charge is 0.139 e. The number of halogens is 2. The zero-order valence-corrected chi connectivity index (χ0v) is 10.2. The van der Waals surface area contributed by atoms with Gasteiger partial charge in [-0.2, -0.15) is 0 Å². The van der Waals surface area contributed by atoms with E-state index in [9.17, 15) is 0 Å². The van der Waals surface area contributed by atoms with E-state index in [0.717, 1.165) is 15.4 Å². The number of hydrogen-bond donors (Lipinski definition) is 0. The third kappa shape index (κ3) is 1.41. The van der Waals surface area contributed by atoms with E-state index in [4.69, 9.17) is 16.3 Å². The maximum absolute atomic E-state index is 6.03. The van der Waals surface area contributed by atoms with Crippen LogP contribution in [0, 0.1) is 0 Å². The van der Waals surface area contributed by atoms with E-state index in [1.54, 1.807) is 7.11 Å². The maximum atomic E-state index is 6.03. The fourth-order valence-electron chi connectivity index (χ4n) is 1.49. The van der Waals surface area contributed by atoms with Crippen LogP contribution in [-0.4, -0.2) is 11.7 Å². The summed E-state index contributed by atoms with van der Waals surface area (Å²) < 4.78 is 8.22. The maximum Gasteiger partial charge on any atom is 0.139 e. The second-order valence-electron chi connectivity index (χ2n) is 3.09. The summed E-state index contributed by atoms with van der Waals surface area (Å²) in [5.74, 6) is 0.702. The monoisotopic (exact) mass is 273 g/mol. The molecule has 1 aromatic carbocycles. The van der Waals surface area contributed by atoms with E-state index in [-0.39, 0.29) is 0 Å². The molecule has 0 atom stereocenters. The number of fused-ring (bicyclic) bond motifs is 1. The van der Waals surface area contributed by atoms with Gasteiger partial charge < -0.3 is 9.30 Å². The van der Waals surface area contributed by atoms with E-state index >= 15 is 0 Å². The Morgan fingerprint density at radius 2 is 2.14 bits per heavy atom. The van der Waals surface area contributed by atoms with E-state index in [0.29, 0.717) is 10.8 Å². The Hall–Kier alpha value is -0.670. The third-order valence-electron chi connectivity index (χ3n) is 2.21. The lowest BCUT2D eigenvalue weighted by Gasteiger charge is -2.04. The number of rotatable bonds is 1. The molecule has 0 fully saturated rings. The van der Waals surface area contributed by atoms with E-state index in [1.165, 1.54) is 0 Å². The minimum atomic E-state index is 0.631. The van der Waals surface area contributed by atoms with Crippen molar-refractivity contribution in [1.29, 1.82) is 0 Å². The van der Waals surface area contributed by atoms with Gasteiger partial charge in [0.05, 0.1) is 17.6 Å². The number of hydrogen-bond acceptors (Lipinski definition) is 1. The summed E-state index contributed by atoms with van der Waals surface area (Å²) in [5.41, 5.74) is 1.10. The molecule has 2 nitrogen and oxygen atoms in total. The first-order valence-corrected chi connectivity index (χ1v) is 5.28. The first kappa shape index (κ1) is 9.87. The van der Waals surface area contributed by atoms with Crippen LogP contribution in [0.5, 0.6) is 5.75 Å². The van der Waals surface area contributed by atoms with Gasteiger partial charge in [0.1, 0.15) is 5.75 Å². The first-order valence-electron chi connectivity index (χ1n) is 4.11. The molecule has 4 heteroatoms. The lowest BCUT2D eigenvalue weighted by atomic mass is 10.2. The number of benzene rings is 1. The van der Waals surface area contributed by atoms with Crippen LogP contribution in [0.3, 0.4) is 0 Å². The van der Waals surface area contributed by atoms with Crippen molar-refractivity contribution < 1.29 is 4.74 Å².